The van der Waals surface area contributed by atoms with Crippen molar-refractivity contribution in [3.63, 3.8) is 0 Å². The molecule has 30 heavy (non-hydrogen) atoms. The molecule has 0 unspecified atom stereocenters. The van der Waals surface area contributed by atoms with Crippen LogP contribution in [0.4, 0.5) is 13.2 Å². The molecule has 0 aliphatic heterocycles. The minimum Gasteiger partial charge on any atom is -0.367 e. The molecule has 2 rings (SSSR count). The number of nitrogens with one attached hydrogen (secondary N) is 2. The van der Waals surface area contributed by atoms with Crippen LogP contribution in [0.25, 0.3) is 0 Å². The molecule has 0 radical (unpaired) electrons. The number of amides is 1. The Morgan fingerprint density at radius 2 is 1.77 bits per heavy atom. The number of hydrogen-bond donors (Lipinski definition) is 2. The monoisotopic (exact) mass is 542 g/mol. The zero-order valence-electron chi connectivity index (χ0n) is 17.3. The first-order chi connectivity index (χ1) is 13.7. The number of ether oxygens (including phenoxy) is 1. The van der Waals surface area contributed by atoms with Gasteiger partial charge < -0.3 is 20.3 Å². The number of likely N-dealkylation sites (N-methyl/N-ethyl adjacent to an activating group) is 1. The van der Waals surface area contributed by atoms with Crippen molar-refractivity contribution in [2.75, 3.05) is 27.2 Å². The highest BCUT2D eigenvalue weighted by Gasteiger charge is 2.27. The minimum atomic E-state index is -4.32. The normalized spacial score (nSPS) is 14.9. The fourth-order valence-electron chi connectivity index (χ4n) is 2.93. The number of halogens is 4. The molecule has 1 aliphatic rings. The molecule has 0 aromatic heterocycles. The van der Waals surface area contributed by atoms with E-state index in [1.54, 1.807) is 26.2 Å². The first kappa shape index (κ1) is 26.5. The van der Waals surface area contributed by atoms with Crippen molar-refractivity contribution in [2.45, 2.75) is 51.1 Å². The van der Waals surface area contributed by atoms with Gasteiger partial charge in [0.05, 0.1) is 19.7 Å². The summed E-state index contributed by atoms with van der Waals surface area (Å²) >= 11 is 0. The molecule has 1 saturated carbocycles. The number of nitrogens with zero attached hydrogens (tertiary/aromatic N) is 2. The highest BCUT2D eigenvalue weighted by molar-refractivity contribution is 14.0. The number of carbonyl (C=O) groups is 1. The van der Waals surface area contributed by atoms with Crippen LogP contribution in [-0.4, -0.2) is 56.2 Å². The van der Waals surface area contributed by atoms with Gasteiger partial charge in [-0.25, -0.2) is 4.99 Å². The van der Waals surface area contributed by atoms with E-state index in [1.807, 2.05) is 12.1 Å². The molecule has 6 nitrogen and oxygen atoms in total. The quantitative estimate of drug-likeness (QED) is 0.300. The lowest BCUT2D eigenvalue weighted by Gasteiger charge is -2.18. The first-order valence-corrected chi connectivity index (χ1v) is 9.70. The number of rotatable bonds is 8. The summed E-state index contributed by atoms with van der Waals surface area (Å²) in [4.78, 5) is 17.9. The van der Waals surface area contributed by atoms with E-state index < -0.39 is 12.8 Å². The molecule has 1 aromatic carbocycles. The Bertz CT molecular complexity index is 676. The van der Waals surface area contributed by atoms with Crippen LogP contribution in [0.2, 0.25) is 0 Å². The van der Waals surface area contributed by atoms with E-state index in [0.717, 1.165) is 18.4 Å². The molecule has 10 heteroatoms. The van der Waals surface area contributed by atoms with E-state index in [-0.39, 0.29) is 43.0 Å². The second-order valence-corrected chi connectivity index (χ2v) is 7.36. The Labute approximate surface area is 192 Å². The summed E-state index contributed by atoms with van der Waals surface area (Å²) in [5.74, 6) is 0.541. The van der Waals surface area contributed by atoms with E-state index in [0.29, 0.717) is 24.1 Å². The van der Waals surface area contributed by atoms with Crippen molar-refractivity contribution in [2.24, 2.45) is 4.99 Å². The maximum atomic E-state index is 12.1. The molecular formula is C20H30F3IN4O2. The van der Waals surface area contributed by atoms with Gasteiger partial charge in [0.15, 0.2) is 5.96 Å². The zero-order chi connectivity index (χ0) is 21.3. The first-order valence-electron chi connectivity index (χ1n) is 9.70. The summed E-state index contributed by atoms with van der Waals surface area (Å²) in [5, 5.41) is 6.45. The van der Waals surface area contributed by atoms with E-state index in [2.05, 4.69) is 20.4 Å². The Balaban J connectivity index is 0.00000450. The molecule has 2 N–H and O–H groups in total. The van der Waals surface area contributed by atoms with Gasteiger partial charge in [0.1, 0.15) is 6.61 Å². The summed E-state index contributed by atoms with van der Waals surface area (Å²) in [5.41, 5.74) is 1.58. The summed E-state index contributed by atoms with van der Waals surface area (Å²) in [6, 6.07) is 7.44. The SMILES string of the molecule is CN(C)C(=O)CNC(=NCc1ccc(COCC(F)(F)F)cc1)NC1CCCC1.I. The highest BCUT2D eigenvalue weighted by Crippen LogP contribution is 2.18. The van der Waals surface area contributed by atoms with Crippen LogP contribution >= 0.6 is 24.0 Å². The van der Waals surface area contributed by atoms with Crippen molar-refractivity contribution in [3.8, 4) is 0 Å². The molecular weight excluding hydrogens is 512 g/mol. The average molecular weight is 542 g/mol. The smallest absolute Gasteiger partial charge is 0.367 e. The molecule has 0 heterocycles. The third kappa shape index (κ3) is 10.5. The number of aliphatic imine (C=N–C) groups is 1. The predicted octanol–water partition coefficient (Wildman–Crippen LogP) is 3.45. The van der Waals surface area contributed by atoms with Crippen molar-refractivity contribution < 1.29 is 22.7 Å². The maximum absolute atomic E-state index is 12.1. The van der Waals surface area contributed by atoms with Crippen LogP contribution in [-0.2, 0) is 22.7 Å². The van der Waals surface area contributed by atoms with Crippen LogP contribution in [0, 0.1) is 0 Å². The summed E-state index contributed by atoms with van der Waals surface area (Å²) in [6.45, 7) is -0.804. The predicted molar refractivity (Wildman–Crippen MR) is 121 cm³/mol. The number of hydrogen-bond acceptors (Lipinski definition) is 3. The van der Waals surface area contributed by atoms with Gasteiger partial charge in [-0.05, 0) is 24.0 Å². The molecule has 1 fully saturated rings. The molecule has 1 amide bonds. The van der Waals surface area contributed by atoms with Crippen LogP contribution in [0.5, 0.6) is 0 Å². The molecule has 170 valence electrons. The van der Waals surface area contributed by atoms with E-state index >= 15 is 0 Å². The van der Waals surface area contributed by atoms with Gasteiger partial charge in [0, 0.05) is 20.1 Å². The summed E-state index contributed by atoms with van der Waals surface area (Å²) in [6.07, 6.45) is 0.196. The Hall–Kier alpha value is -1.56. The third-order valence-electron chi connectivity index (χ3n) is 4.58. The zero-order valence-corrected chi connectivity index (χ0v) is 19.6. The maximum Gasteiger partial charge on any atom is 0.411 e. The summed E-state index contributed by atoms with van der Waals surface area (Å²) < 4.78 is 41.0. The van der Waals surface area contributed by atoms with Gasteiger partial charge in [-0.2, -0.15) is 13.2 Å². The topological polar surface area (TPSA) is 66.0 Å². The van der Waals surface area contributed by atoms with E-state index in [4.69, 9.17) is 0 Å². The van der Waals surface area contributed by atoms with Gasteiger partial charge in [-0.15, -0.1) is 24.0 Å². The lowest BCUT2D eigenvalue weighted by Crippen LogP contribution is -2.46. The fourth-order valence-corrected chi connectivity index (χ4v) is 2.93. The highest BCUT2D eigenvalue weighted by atomic mass is 127. The lowest BCUT2D eigenvalue weighted by molar-refractivity contribution is -0.176. The Morgan fingerprint density at radius 3 is 2.33 bits per heavy atom. The van der Waals surface area contributed by atoms with Crippen molar-refractivity contribution >= 4 is 35.8 Å². The van der Waals surface area contributed by atoms with Gasteiger partial charge >= 0.3 is 6.18 Å². The van der Waals surface area contributed by atoms with Gasteiger partial charge in [-0.3, -0.25) is 4.79 Å². The van der Waals surface area contributed by atoms with E-state index in [1.165, 1.54) is 17.7 Å². The van der Waals surface area contributed by atoms with Crippen molar-refractivity contribution in [1.29, 1.82) is 0 Å². The van der Waals surface area contributed by atoms with Crippen LogP contribution < -0.4 is 10.6 Å². The Morgan fingerprint density at radius 1 is 1.17 bits per heavy atom. The Kier molecular flexibility index (Phi) is 11.5. The molecule has 0 saturated heterocycles. The largest absolute Gasteiger partial charge is 0.411 e. The lowest BCUT2D eigenvalue weighted by atomic mass is 10.1. The second-order valence-electron chi connectivity index (χ2n) is 7.36. The molecule has 1 aromatic rings. The second kappa shape index (κ2) is 13.0. The standard InChI is InChI=1S/C20H29F3N4O2.HI/c1-27(2)18(28)12-25-19(26-17-5-3-4-6-17)24-11-15-7-9-16(10-8-15)13-29-14-20(21,22)23;/h7-10,17H,3-6,11-14H2,1-2H3,(H2,24,25,26);1H. The number of alkyl halides is 3. The van der Waals surface area contributed by atoms with Crippen LogP contribution in [0.3, 0.4) is 0 Å². The molecule has 0 spiro atoms. The van der Waals surface area contributed by atoms with E-state index in [9.17, 15) is 18.0 Å². The van der Waals surface area contributed by atoms with Crippen molar-refractivity contribution in [3.05, 3.63) is 35.4 Å². The summed E-state index contributed by atoms with van der Waals surface area (Å²) in [7, 11) is 3.40. The van der Waals surface area contributed by atoms with Gasteiger partial charge in [0.25, 0.3) is 0 Å². The molecule has 0 bridgehead atoms. The number of guanidine groups is 1. The van der Waals surface area contributed by atoms with Crippen LogP contribution in [0.1, 0.15) is 36.8 Å². The number of benzene rings is 1. The van der Waals surface area contributed by atoms with Crippen LogP contribution in [0.15, 0.2) is 29.3 Å². The fraction of sp³-hybridized carbons (Fsp3) is 0.600. The van der Waals surface area contributed by atoms with Crippen molar-refractivity contribution in [1.82, 2.24) is 15.5 Å². The molecule has 0 atom stereocenters. The third-order valence-corrected chi connectivity index (χ3v) is 4.58. The van der Waals surface area contributed by atoms with Gasteiger partial charge in [0.2, 0.25) is 5.91 Å². The average Bonchev–Trinajstić information content (AvgIpc) is 3.16. The number of carbonyl (C=O) groups excluding carboxylic acids is 1. The van der Waals surface area contributed by atoms with Gasteiger partial charge in [-0.1, -0.05) is 37.1 Å². The minimum absolute atomic E-state index is 0. The molecule has 1 aliphatic carbocycles.